The Kier molecular flexibility index (Phi) is 4.63. The van der Waals surface area contributed by atoms with E-state index in [9.17, 15) is 14.7 Å². The molecule has 1 amide bonds. The maximum Gasteiger partial charge on any atom is 0.326 e. The molecule has 2 aromatic heterocycles. The van der Waals surface area contributed by atoms with Crippen LogP contribution >= 0.6 is 11.3 Å². The molecule has 0 spiro atoms. The summed E-state index contributed by atoms with van der Waals surface area (Å²) in [6.45, 7) is 0.435. The summed E-state index contributed by atoms with van der Waals surface area (Å²) in [5.74, 6) is -1.42. The molecule has 0 aromatic carbocycles. The Bertz CT molecular complexity index is 873. The molecule has 3 rings (SSSR count). The molecule has 8 nitrogen and oxygen atoms in total. The van der Waals surface area contributed by atoms with Crippen LogP contribution in [0.5, 0.6) is 5.75 Å². The molecule has 2 N–H and O–H groups in total. The summed E-state index contributed by atoms with van der Waals surface area (Å²) in [4.78, 5) is 33.2. The van der Waals surface area contributed by atoms with E-state index >= 15 is 0 Å². The summed E-state index contributed by atoms with van der Waals surface area (Å²) in [5.41, 5.74) is 0.973. The molecule has 1 aliphatic rings. The van der Waals surface area contributed by atoms with Gasteiger partial charge in [-0.2, -0.15) is 5.26 Å². The number of thiazole rings is 1. The smallest absolute Gasteiger partial charge is 0.326 e. The number of nitrogens with zero attached hydrogens (tertiary/aromatic N) is 4. The lowest BCUT2D eigenvalue weighted by molar-refractivity contribution is -0.148. The molecule has 25 heavy (non-hydrogen) atoms. The predicted octanol–water partition coefficient (Wildman–Crippen LogP) is 1.40. The van der Waals surface area contributed by atoms with Crippen LogP contribution in [-0.2, 0) is 16.0 Å². The van der Waals surface area contributed by atoms with Gasteiger partial charge in [-0.05, 0) is 12.8 Å². The highest BCUT2D eigenvalue weighted by Crippen LogP contribution is 2.30. The summed E-state index contributed by atoms with van der Waals surface area (Å²) >= 11 is 1.22. The standard InChI is InChI=1S/C16H14N4O4S/c17-6-9-4-12(21)14(18-7-9)15-19-10(8-25-15)5-13(22)20-3-1-2-11(20)16(23)24/h4,7-8,11,21H,1-3,5H2,(H,23,24). The lowest BCUT2D eigenvalue weighted by Gasteiger charge is -2.20. The van der Waals surface area contributed by atoms with Gasteiger partial charge in [0.25, 0.3) is 0 Å². The van der Waals surface area contributed by atoms with Crippen molar-refractivity contribution >= 4 is 23.2 Å². The summed E-state index contributed by atoms with van der Waals surface area (Å²) in [6, 6.07) is 2.42. The predicted molar refractivity (Wildman–Crippen MR) is 87.8 cm³/mol. The first-order chi connectivity index (χ1) is 12.0. The van der Waals surface area contributed by atoms with Gasteiger partial charge < -0.3 is 15.1 Å². The largest absolute Gasteiger partial charge is 0.506 e. The molecule has 0 radical (unpaired) electrons. The molecule has 0 saturated carbocycles. The van der Waals surface area contributed by atoms with Gasteiger partial charge in [0, 0.05) is 24.2 Å². The molecule has 3 heterocycles. The van der Waals surface area contributed by atoms with Crippen LogP contribution in [-0.4, -0.2) is 49.5 Å². The highest BCUT2D eigenvalue weighted by Gasteiger charge is 2.34. The lowest BCUT2D eigenvalue weighted by Crippen LogP contribution is -2.41. The number of carboxylic acid groups (broad SMARTS) is 1. The minimum atomic E-state index is -0.989. The number of carbonyl (C=O) groups is 2. The van der Waals surface area contributed by atoms with E-state index in [1.807, 2.05) is 6.07 Å². The van der Waals surface area contributed by atoms with Gasteiger partial charge in [-0.3, -0.25) is 4.79 Å². The van der Waals surface area contributed by atoms with Gasteiger partial charge in [-0.15, -0.1) is 11.3 Å². The Morgan fingerprint density at radius 3 is 2.96 bits per heavy atom. The van der Waals surface area contributed by atoms with Crippen molar-refractivity contribution in [1.82, 2.24) is 14.9 Å². The van der Waals surface area contributed by atoms with Crippen LogP contribution in [0.3, 0.4) is 0 Å². The number of nitriles is 1. The molecule has 1 aliphatic heterocycles. The zero-order valence-corrected chi connectivity index (χ0v) is 13.9. The van der Waals surface area contributed by atoms with Gasteiger partial charge in [0.1, 0.15) is 28.6 Å². The molecule has 0 aliphatic carbocycles. The molecular formula is C16H14N4O4S. The van der Waals surface area contributed by atoms with E-state index < -0.39 is 12.0 Å². The quantitative estimate of drug-likeness (QED) is 0.845. The van der Waals surface area contributed by atoms with E-state index in [-0.39, 0.29) is 29.3 Å². The van der Waals surface area contributed by atoms with Crippen molar-refractivity contribution in [3.05, 3.63) is 28.9 Å². The average Bonchev–Trinajstić information content (AvgIpc) is 3.23. The first-order valence-electron chi connectivity index (χ1n) is 7.55. The summed E-state index contributed by atoms with van der Waals surface area (Å²) in [7, 11) is 0. The number of carboxylic acids is 1. The van der Waals surface area contributed by atoms with Crippen LogP contribution in [0.1, 0.15) is 24.1 Å². The highest BCUT2D eigenvalue weighted by atomic mass is 32.1. The van der Waals surface area contributed by atoms with Crippen molar-refractivity contribution in [3.63, 3.8) is 0 Å². The number of hydrogen-bond donors (Lipinski definition) is 2. The number of aromatic hydroxyl groups is 1. The Morgan fingerprint density at radius 1 is 1.48 bits per heavy atom. The monoisotopic (exact) mass is 358 g/mol. The van der Waals surface area contributed by atoms with E-state index in [4.69, 9.17) is 10.4 Å². The Hall–Kier alpha value is -2.99. The molecule has 1 unspecified atom stereocenters. The zero-order chi connectivity index (χ0) is 18.0. The third kappa shape index (κ3) is 3.44. The third-order valence-corrected chi connectivity index (χ3v) is 4.84. The molecule has 128 valence electrons. The number of rotatable bonds is 4. The van der Waals surface area contributed by atoms with Crippen molar-refractivity contribution in [1.29, 1.82) is 5.26 Å². The van der Waals surface area contributed by atoms with Gasteiger partial charge in [0.05, 0.1) is 17.7 Å². The number of amides is 1. The van der Waals surface area contributed by atoms with Crippen molar-refractivity contribution < 1.29 is 19.8 Å². The fraction of sp³-hybridized carbons (Fsp3) is 0.312. The van der Waals surface area contributed by atoms with Crippen molar-refractivity contribution in [2.45, 2.75) is 25.3 Å². The molecule has 1 saturated heterocycles. The van der Waals surface area contributed by atoms with Crippen LogP contribution in [0.25, 0.3) is 10.7 Å². The lowest BCUT2D eigenvalue weighted by atomic mass is 10.2. The Labute approximate surface area is 147 Å². The Balaban J connectivity index is 1.75. The van der Waals surface area contributed by atoms with E-state index in [0.29, 0.717) is 30.1 Å². The van der Waals surface area contributed by atoms with Gasteiger partial charge in [-0.25, -0.2) is 14.8 Å². The van der Waals surface area contributed by atoms with Crippen LogP contribution < -0.4 is 0 Å². The van der Waals surface area contributed by atoms with Crippen LogP contribution in [0.2, 0.25) is 0 Å². The number of likely N-dealkylation sites (tertiary alicyclic amines) is 1. The normalized spacial score (nSPS) is 16.6. The topological polar surface area (TPSA) is 127 Å². The van der Waals surface area contributed by atoms with Crippen LogP contribution in [0, 0.1) is 11.3 Å². The fourth-order valence-corrected chi connectivity index (χ4v) is 3.58. The van der Waals surface area contributed by atoms with E-state index in [2.05, 4.69) is 9.97 Å². The maximum absolute atomic E-state index is 12.4. The molecule has 1 fully saturated rings. The Morgan fingerprint density at radius 2 is 2.28 bits per heavy atom. The molecular weight excluding hydrogens is 344 g/mol. The summed E-state index contributed by atoms with van der Waals surface area (Å²) < 4.78 is 0. The highest BCUT2D eigenvalue weighted by molar-refractivity contribution is 7.13. The summed E-state index contributed by atoms with van der Waals surface area (Å²) in [5, 5.41) is 30.0. The number of hydrogen-bond acceptors (Lipinski definition) is 7. The number of carbonyl (C=O) groups excluding carboxylic acids is 1. The van der Waals surface area contributed by atoms with Crippen LogP contribution in [0.4, 0.5) is 0 Å². The second-order valence-electron chi connectivity index (χ2n) is 5.61. The molecule has 2 aromatic rings. The third-order valence-electron chi connectivity index (χ3n) is 3.94. The average molecular weight is 358 g/mol. The SMILES string of the molecule is N#Cc1cnc(-c2nc(CC(=O)N3CCCC3C(=O)O)cs2)c(O)c1. The fourth-order valence-electron chi connectivity index (χ4n) is 2.75. The molecule has 9 heteroatoms. The number of aromatic nitrogens is 2. The van der Waals surface area contributed by atoms with Gasteiger partial charge >= 0.3 is 5.97 Å². The second kappa shape index (κ2) is 6.86. The minimum absolute atomic E-state index is 0.00266. The van der Waals surface area contributed by atoms with E-state index in [1.54, 1.807) is 5.38 Å². The van der Waals surface area contributed by atoms with E-state index in [1.165, 1.54) is 28.5 Å². The van der Waals surface area contributed by atoms with Gasteiger partial charge in [0.15, 0.2) is 0 Å². The minimum Gasteiger partial charge on any atom is -0.506 e. The maximum atomic E-state index is 12.4. The van der Waals surface area contributed by atoms with Crippen LogP contribution in [0.15, 0.2) is 17.6 Å². The molecule has 0 bridgehead atoms. The second-order valence-corrected chi connectivity index (χ2v) is 6.47. The van der Waals surface area contributed by atoms with E-state index in [0.717, 1.165) is 0 Å². The first-order valence-corrected chi connectivity index (χ1v) is 8.43. The first kappa shape index (κ1) is 16.9. The van der Waals surface area contributed by atoms with Gasteiger partial charge in [0.2, 0.25) is 5.91 Å². The van der Waals surface area contributed by atoms with Crippen molar-refractivity contribution in [3.8, 4) is 22.5 Å². The summed E-state index contributed by atoms with van der Waals surface area (Å²) in [6.07, 6.45) is 2.47. The molecule has 1 atom stereocenters. The van der Waals surface area contributed by atoms with Crippen molar-refractivity contribution in [2.24, 2.45) is 0 Å². The van der Waals surface area contributed by atoms with Gasteiger partial charge in [-0.1, -0.05) is 0 Å². The number of pyridine rings is 1. The zero-order valence-electron chi connectivity index (χ0n) is 13.0. The van der Waals surface area contributed by atoms with Crippen molar-refractivity contribution in [2.75, 3.05) is 6.54 Å². The number of aliphatic carboxylic acids is 1.